The molecule has 0 bridgehead atoms. The monoisotopic (exact) mass is 560 g/mol. The number of nitrogens with zero attached hydrogens (tertiary/aromatic N) is 4. The Morgan fingerprint density at radius 2 is 1.51 bits per heavy atom. The summed E-state index contributed by atoms with van der Waals surface area (Å²) in [7, 11) is 3.91. The molecule has 8 heteroatoms. The van der Waals surface area contributed by atoms with Gasteiger partial charge in [-0.25, -0.2) is 9.48 Å². The van der Waals surface area contributed by atoms with Crippen LogP contribution in [0.4, 0.5) is 16.3 Å². The van der Waals surface area contributed by atoms with E-state index >= 15 is 0 Å². The lowest BCUT2D eigenvalue weighted by Gasteiger charge is -2.27. The zero-order valence-electron chi connectivity index (χ0n) is 26.5. The molecule has 0 spiro atoms. The van der Waals surface area contributed by atoms with Crippen LogP contribution in [0.1, 0.15) is 82.7 Å². The van der Waals surface area contributed by atoms with Crippen molar-refractivity contribution in [2.24, 2.45) is 0 Å². The fraction of sp³-hybridized carbons (Fsp3) is 0.485. The molecule has 0 aliphatic heterocycles. The van der Waals surface area contributed by atoms with Crippen molar-refractivity contribution in [1.29, 1.82) is 0 Å². The summed E-state index contributed by atoms with van der Waals surface area (Å²) in [5.74, 6) is 0.771. The molecule has 1 aromatic heterocycles. The quantitative estimate of drug-likeness (QED) is 0.287. The molecule has 8 nitrogen and oxygen atoms in total. The van der Waals surface area contributed by atoms with Crippen molar-refractivity contribution in [2.75, 3.05) is 44.4 Å². The van der Waals surface area contributed by atoms with Gasteiger partial charge in [0.2, 0.25) is 5.91 Å². The largest absolute Gasteiger partial charge is 0.322 e. The molecule has 0 atom stereocenters. The lowest BCUT2D eigenvalue weighted by atomic mass is 9.92. The maximum atomic E-state index is 13.7. The number of rotatable bonds is 10. The predicted molar refractivity (Wildman–Crippen MR) is 169 cm³/mol. The van der Waals surface area contributed by atoms with E-state index in [-0.39, 0.29) is 35.7 Å². The maximum absolute atomic E-state index is 13.7. The Bertz CT molecular complexity index is 1320. The van der Waals surface area contributed by atoms with Crippen LogP contribution in [0.5, 0.6) is 0 Å². The van der Waals surface area contributed by atoms with E-state index in [0.717, 1.165) is 33.8 Å². The van der Waals surface area contributed by atoms with Crippen LogP contribution in [0.2, 0.25) is 0 Å². The highest BCUT2D eigenvalue weighted by Crippen LogP contribution is 2.33. The molecule has 3 amide bonds. The first kappa shape index (κ1) is 31.9. The first-order valence-corrected chi connectivity index (χ1v) is 14.5. The van der Waals surface area contributed by atoms with E-state index < -0.39 is 0 Å². The summed E-state index contributed by atoms with van der Waals surface area (Å²) in [4.78, 5) is 30.8. The number of nitrogens with one attached hydrogen (secondary N) is 2. The van der Waals surface area contributed by atoms with Gasteiger partial charge in [-0.1, -0.05) is 84.9 Å². The molecule has 2 aromatic carbocycles. The van der Waals surface area contributed by atoms with E-state index in [4.69, 9.17) is 5.10 Å². The first-order chi connectivity index (χ1) is 19.2. The number of carbonyl (C=O) groups excluding carboxylic acids is 2. The standard InChI is InChI=1S/C33H48N6O2/c1-22(2)25-15-13-16-26(23(3)4)31(25)35-32(41)38(19-18-37(9)10)21-30(40)34-29-20-28(33(6,7)8)36-39(29)27-17-12-11-14-24(27)5/h11-17,20,22-23H,18-19,21H2,1-10H3,(H,34,40)(H,35,41). The van der Waals surface area contributed by atoms with Gasteiger partial charge in [-0.2, -0.15) is 5.10 Å². The average molecular weight is 561 g/mol. The molecule has 2 N–H and O–H groups in total. The third kappa shape index (κ3) is 8.19. The van der Waals surface area contributed by atoms with Crippen molar-refractivity contribution < 1.29 is 9.59 Å². The number of aryl methyl sites for hydroxylation is 1. The molecular formula is C33H48N6O2. The van der Waals surface area contributed by atoms with E-state index in [9.17, 15) is 9.59 Å². The van der Waals surface area contributed by atoms with E-state index in [0.29, 0.717) is 18.9 Å². The zero-order chi connectivity index (χ0) is 30.5. The van der Waals surface area contributed by atoms with Crippen LogP contribution in [0, 0.1) is 6.92 Å². The van der Waals surface area contributed by atoms with E-state index in [1.165, 1.54) is 0 Å². The highest BCUT2D eigenvalue weighted by Gasteiger charge is 2.25. The van der Waals surface area contributed by atoms with Gasteiger partial charge in [0.25, 0.3) is 0 Å². The summed E-state index contributed by atoms with van der Waals surface area (Å²) in [6.45, 7) is 17.7. The minimum Gasteiger partial charge on any atom is -0.314 e. The van der Waals surface area contributed by atoms with Crippen LogP contribution in [0.15, 0.2) is 48.5 Å². The van der Waals surface area contributed by atoms with Gasteiger partial charge < -0.3 is 20.4 Å². The second-order valence-corrected chi connectivity index (χ2v) is 12.7. The second-order valence-electron chi connectivity index (χ2n) is 12.7. The van der Waals surface area contributed by atoms with Gasteiger partial charge in [-0.05, 0) is 55.6 Å². The number of hydrogen-bond donors (Lipinski definition) is 2. The number of benzene rings is 2. The highest BCUT2D eigenvalue weighted by molar-refractivity contribution is 5.97. The molecule has 0 unspecified atom stereocenters. The Labute approximate surface area is 246 Å². The molecule has 41 heavy (non-hydrogen) atoms. The van der Waals surface area contributed by atoms with Crippen molar-refractivity contribution in [2.45, 2.75) is 72.6 Å². The van der Waals surface area contributed by atoms with Gasteiger partial charge in [0.1, 0.15) is 12.4 Å². The van der Waals surface area contributed by atoms with Crippen molar-refractivity contribution in [3.63, 3.8) is 0 Å². The van der Waals surface area contributed by atoms with Gasteiger partial charge in [0.15, 0.2) is 0 Å². The molecule has 0 radical (unpaired) electrons. The Morgan fingerprint density at radius 3 is 2.05 bits per heavy atom. The Hall–Kier alpha value is -3.65. The van der Waals surface area contributed by atoms with E-state index in [1.54, 1.807) is 9.58 Å². The van der Waals surface area contributed by atoms with Gasteiger partial charge in [-0.3, -0.25) is 4.79 Å². The number of aromatic nitrogens is 2. The van der Waals surface area contributed by atoms with Crippen LogP contribution < -0.4 is 10.6 Å². The van der Waals surface area contributed by atoms with Crippen molar-refractivity contribution in [3.8, 4) is 5.69 Å². The topological polar surface area (TPSA) is 82.5 Å². The fourth-order valence-electron chi connectivity index (χ4n) is 4.63. The molecule has 222 valence electrons. The molecular weight excluding hydrogens is 512 g/mol. The summed E-state index contributed by atoms with van der Waals surface area (Å²) in [6, 6.07) is 15.7. The molecule has 0 saturated carbocycles. The lowest BCUT2D eigenvalue weighted by Crippen LogP contribution is -2.44. The highest BCUT2D eigenvalue weighted by atomic mass is 16.2. The lowest BCUT2D eigenvalue weighted by molar-refractivity contribution is -0.116. The number of hydrogen-bond acceptors (Lipinski definition) is 4. The summed E-state index contributed by atoms with van der Waals surface area (Å²) in [6.07, 6.45) is 0. The third-order valence-electron chi connectivity index (χ3n) is 7.13. The molecule has 0 fully saturated rings. The number of anilines is 2. The normalized spacial score (nSPS) is 11.8. The molecule has 3 aromatic rings. The van der Waals surface area contributed by atoms with Crippen LogP contribution >= 0.6 is 0 Å². The molecule has 0 aliphatic carbocycles. The number of para-hydroxylation sites is 2. The van der Waals surface area contributed by atoms with Crippen molar-refractivity contribution >= 4 is 23.4 Å². The summed E-state index contributed by atoms with van der Waals surface area (Å²) in [5.41, 5.74) is 5.60. The predicted octanol–water partition coefficient (Wildman–Crippen LogP) is 6.76. The molecule has 1 heterocycles. The third-order valence-corrected chi connectivity index (χ3v) is 7.13. The molecule has 0 saturated heterocycles. The summed E-state index contributed by atoms with van der Waals surface area (Å²) >= 11 is 0. The van der Waals surface area contributed by atoms with Crippen LogP contribution in [-0.2, 0) is 10.2 Å². The maximum Gasteiger partial charge on any atom is 0.322 e. The van der Waals surface area contributed by atoms with Crippen LogP contribution in [0.25, 0.3) is 5.69 Å². The van der Waals surface area contributed by atoms with E-state index in [1.807, 2.05) is 62.3 Å². The van der Waals surface area contributed by atoms with Gasteiger partial charge >= 0.3 is 6.03 Å². The minimum absolute atomic E-state index is 0.0929. The molecule has 0 aliphatic rings. The summed E-state index contributed by atoms with van der Waals surface area (Å²) in [5, 5.41) is 11.1. The first-order valence-electron chi connectivity index (χ1n) is 14.5. The fourth-order valence-corrected chi connectivity index (χ4v) is 4.63. The average Bonchev–Trinajstić information content (AvgIpc) is 3.30. The Kier molecular flexibility index (Phi) is 10.4. The minimum atomic E-state index is -0.292. The number of amides is 3. The van der Waals surface area contributed by atoms with Crippen LogP contribution in [-0.4, -0.2) is 65.2 Å². The molecule has 3 rings (SSSR count). The summed E-state index contributed by atoms with van der Waals surface area (Å²) < 4.78 is 1.78. The number of urea groups is 1. The second kappa shape index (κ2) is 13.3. The van der Waals surface area contributed by atoms with Crippen molar-refractivity contribution in [3.05, 3.63) is 70.9 Å². The van der Waals surface area contributed by atoms with E-state index in [2.05, 4.69) is 71.2 Å². The Morgan fingerprint density at radius 1 is 0.902 bits per heavy atom. The van der Waals surface area contributed by atoms with Gasteiger partial charge in [0.05, 0.1) is 11.4 Å². The van der Waals surface area contributed by atoms with Crippen LogP contribution in [0.3, 0.4) is 0 Å². The SMILES string of the molecule is Cc1ccccc1-n1nc(C(C)(C)C)cc1NC(=O)CN(CCN(C)C)C(=O)Nc1c(C(C)C)cccc1C(C)C. The van der Waals surface area contributed by atoms with Crippen molar-refractivity contribution in [1.82, 2.24) is 19.6 Å². The smallest absolute Gasteiger partial charge is 0.314 e. The number of likely N-dealkylation sites (N-methyl/N-ethyl adjacent to an activating group) is 1. The zero-order valence-corrected chi connectivity index (χ0v) is 26.5. The Balaban J connectivity index is 1.91. The van der Waals surface area contributed by atoms with Gasteiger partial charge in [0, 0.05) is 30.3 Å². The number of carbonyl (C=O) groups is 2. The van der Waals surface area contributed by atoms with Gasteiger partial charge in [-0.15, -0.1) is 0 Å².